The van der Waals surface area contributed by atoms with E-state index in [-0.39, 0.29) is 12.0 Å². The quantitative estimate of drug-likeness (QED) is 0.778. The van der Waals surface area contributed by atoms with Gasteiger partial charge in [-0.05, 0) is 19.4 Å². The lowest BCUT2D eigenvalue weighted by molar-refractivity contribution is -0.153. The van der Waals surface area contributed by atoms with Crippen molar-refractivity contribution in [2.75, 3.05) is 26.9 Å². The van der Waals surface area contributed by atoms with Crippen LogP contribution in [0.4, 0.5) is 0 Å². The maximum absolute atomic E-state index is 11.8. The highest BCUT2D eigenvalue weighted by Crippen LogP contribution is 2.16. The first-order valence-corrected chi connectivity index (χ1v) is 6.57. The molecule has 104 valence electrons. The number of morpholine rings is 1. The van der Waals surface area contributed by atoms with E-state index < -0.39 is 0 Å². The van der Waals surface area contributed by atoms with Gasteiger partial charge in [-0.3, -0.25) is 9.69 Å². The van der Waals surface area contributed by atoms with E-state index in [4.69, 9.17) is 9.47 Å². The van der Waals surface area contributed by atoms with Gasteiger partial charge in [0, 0.05) is 13.1 Å². The summed E-state index contributed by atoms with van der Waals surface area (Å²) in [5.74, 6) is -0.218. The molecular formula is C15H21NO3. The SMILES string of the molecule is COC(=O)C1COCCN1Cc1cc(C)cc(C)c1. The van der Waals surface area contributed by atoms with Gasteiger partial charge >= 0.3 is 5.97 Å². The van der Waals surface area contributed by atoms with Crippen LogP contribution in [0.15, 0.2) is 18.2 Å². The second-order valence-corrected chi connectivity index (χ2v) is 5.08. The van der Waals surface area contributed by atoms with Crippen molar-refractivity contribution in [1.82, 2.24) is 4.90 Å². The van der Waals surface area contributed by atoms with Gasteiger partial charge < -0.3 is 9.47 Å². The summed E-state index contributed by atoms with van der Waals surface area (Å²) in [6.07, 6.45) is 0. The summed E-state index contributed by atoms with van der Waals surface area (Å²) >= 11 is 0. The van der Waals surface area contributed by atoms with Gasteiger partial charge in [0.25, 0.3) is 0 Å². The molecule has 0 spiro atoms. The molecule has 2 rings (SSSR count). The fourth-order valence-corrected chi connectivity index (χ4v) is 2.58. The number of aryl methyl sites for hydroxylation is 2. The van der Waals surface area contributed by atoms with E-state index in [0.717, 1.165) is 13.1 Å². The van der Waals surface area contributed by atoms with Gasteiger partial charge in [0.2, 0.25) is 0 Å². The first kappa shape index (κ1) is 14.0. The van der Waals surface area contributed by atoms with Crippen molar-refractivity contribution in [3.05, 3.63) is 34.9 Å². The van der Waals surface area contributed by atoms with Crippen molar-refractivity contribution in [2.45, 2.75) is 26.4 Å². The van der Waals surface area contributed by atoms with E-state index in [9.17, 15) is 4.79 Å². The molecule has 1 fully saturated rings. The molecule has 4 nitrogen and oxygen atoms in total. The molecule has 1 saturated heterocycles. The Bertz CT molecular complexity index is 438. The Morgan fingerprint density at radius 1 is 1.37 bits per heavy atom. The van der Waals surface area contributed by atoms with E-state index in [1.54, 1.807) is 0 Å². The van der Waals surface area contributed by atoms with Gasteiger partial charge in [0.15, 0.2) is 0 Å². The maximum atomic E-state index is 11.8. The molecule has 0 saturated carbocycles. The van der Waals surface area contributed by atoms with Gasteiger partial charge in [-0.25, -0.2) is 0 Å². The number of rotatable bonds is 3. The molecule has 0 amide bonds. The number of esters is 1. The summed E-state index contributed by atoms with van der Waals surface area (Å²) in [6, 6.07) is 6.19. The number of ether oxygens (including phenoxy) is 2. The largest absolute Gasteiger partial charge is 0.468 e. The molecule has 1 aromatic carbocycles. The van der Waals surface area contributed by atoms with Crippen LogP contribution in [-0.4, -0.2) is 43.8 Å². The monoisotopic (exact) mass is 263 g/mol. The number of carbonyl (C=O) groups excluding carboxylic acids is 1. The molecule has 0 N–H and O–H groups in total. The Balaban J connectivity index is 2.12. The van der Waals surface area contributed by atoms with Crippen LogP contribution < -0.4 is 0 Å². The van der Waals surface area contributed by atoms with E-state index in [0.29, 0.717) is 13.2 Å². The highest BCUT2D eigenvalue weighted by Gasteiger charge is 2.30. The van der Waals surface area contributed by atoms with Gasteiger partial charge in [-0.1, -0.05) is 29.3 Å². The Morgan fingerprint density at radius 3 is 2.68 bits per heavy atom. The molecule has 0 aliphatic carbocycles. The molecule has 1 unspecified atom stereocenters. The number of benzene rings is 1. The summed E-state index contributed by atoms with van der Waals surface area (Å²) in [6.45, 7) is 6.77. The molecule has 4 heteroatoms. The third-order valence-corrected chi connectivity index (χ3v) is 3.38. The molecule has 0 radical (unpaired) electrons. The van der Waals surface area contributed by atoms with Crippen LogP contribution in [-0.2, 0) is 20.8 Å². The maximum Gasteiger partial charge on any atom is 0.325 e. The second-order valence-electron chi connectivity index (χ2n) is 5.08. The van der Waals surface area contributed by atoms with Crippen LogP contribution in [0, 0.1) is 13.8 Å². The number of hydrogen-bond acceptors (Lipinski definition) is 4. The first-order valence-electron chi connectivity index (χ1n) is 6.57. The number of hydrogen-bond donors (Lipinski definition) is 0. The minimum absolute atomic E-state index is 0.218. The Labute approximate surface area is 114 Å². The van der Waals surface area contributed by atoms with Crippen molar-refractivity contribution in [3.63, 3.8) is 0 Å². The van der Waals surface area contributed by atoms with E-state index in [2.05, 4.69) is 36.9 Å². The lowest BCUT2D eigenvalue weighted by Crippen LogP contribution is -2.49. The fourth-order valence-electron chi connectivity index (χ4n) is 2.58. The average molecular weight is 263 g/mol. The summed E-state index contributed by atoms with van der Waals surface area (Å²) in [7, 11) is 1.42. The van der Waals surface area contributed by atoms with E-state index in [1.165, 1.54) is 23.8 Å². The first-order chi connectivity index (χ1) is 9.10. The zero-order valence-corrected chi connectivity index (χ0v) is 11.8. The molecule has 1 heterocycles. The molecule has 0 aromatic heterocycles. The zero-order valence-electron chi connectivity index (χ0n) is 11.8. The predicted octanol–water partition coefficient (Wildman–Crippen LogP) is 1.68. The van der Waals surface area contributed by atoms with Crippen molar-refractivity contribution in [2.24, 2.45) is 0 Å². The third-order valence-electron chi connectivity index (χ3n) is 3.38. The van der Waals surface area contributed by atoms with Gasteiger partial charge in [-0.15, -0.1) is 0 Å². The molecule has 1 atom stereocenters. The minimum atomic E-state index is -0.292. The Kier molecular flexibility index (Phi) is 4.56. The minimum Gasteiger partial charge on any atom is -0.468 e. The van der Waals surface area contributed by atoms with Crippen LogP contribution in [0.1, 0.15) is 16.7 Å². The summed E-state index contributed by atoms with van der Waals surface area (Å²) < 4.78 is 10.2. The Hall–Kier alpha value is -1.39. The van der Waals surface area contributed by atoms with Crippen molar-refractivity contribution >= 4 is 5.97 Å². The highest BCUT2D eigenvalue weighted by atomic mass is 16.5. The molecule has 1 aliphatic heterocycles. The van der Waals surface area contributed by atoms with Crippen LogP contribution in [0.3, 0.4) is 0 Å². The number of nitrogens with zero attached hydrogens (tertiary/aromatic N) is 1. The van der Waals surface area contributed by atoms with Crippen LogP contribution in [0.25, 0.3) is 0 Å². The molecule has 1 aliphatic rings. The summed E-state index contributed by atoms with van der Waals surface area (Å²) in [5.41, 5.74) is 3.73. The molecule has 19 heavy (non-hydrogen) atoms. The molecular weight excluding hydrogens is 242 g/mol. The van der Waals surface area contributed by atoms with Crippen LogP contribution in [0.2, 0.25) is 0 Å². The standard InChI is InChI=1S/C15H21NO3/c1-11-6-12(2)8-13(7-11)9-16-4-5-19-10-14(16)15(17)18-3/h6-8,14H,4-5,9-10H2,1-3H3. The highest BCUT2D eigenvalue weighted by molar-refractivity contribution is 5.75. The fraction of sp³-hybridized carbons (Fsp3) is 0.533. The van der Waals surface area contributed by atoms with Crippen molar-refractivity contribution in [1.29, 1.82) is 0 Å². The number of carbonyl (C=O) groups is 1. The Morgan fingerprint density at radius 2 is 2.05 bits per heavy atom. The number of methoxy groups -OCH3 is 1. The lowest BCUT2D eigenvalue weighted by Gasteiger charge is -2.33. The third kappa shape index (κ3) is 3.55. The average Bonchev–Trinajstić information content (AvgIpc) is 2.37. The topological polar surface area (TPSA) is 38.8 Å². The molecule has 1 aromatic rings. The van der Waals surface area contributed by atoms with Gasteiger partial charge in [0.1, 0.15) is 6.04 Å². The molecule has 0 bridgehead atoms. The van der Waals surface area contributed by atoms with E-state index >= 15 is 0 Å². The predicted molar refractivity (Wildman–Crippen MR) is 72.9 cm³/mol. The lowest BCUT2D eigenvalue weighted by atomic mass is 10.1. The normalized spacial score (nSPS) is 20.3. The second kappa shape index (κ2) is 6.17. The van der Waals surface area contributed by atoms with Gasteiger partial charge in [0.05, 0.1) is 20.3 Å². The van der Waals surface area contributed by atoms with Crippen LogP contribution in [0.5, 0.6) is 0 Å². The summed E-state index contributed by atoms with van der Waals surface area (Å²) in [5, 5.41) is 0. The summed E-state index contributed by atoms with van der Waals surface area (Å²) in [4.78, 5) is 13.9. The van der Waals surface area contributed by atoms with Crippen molar-refractivity contribution < 1.29 is 14.3 Å². The van der Waals surface area contributed by atoms with Crippen LogP contribution >= 0.6 is 0 Å². The van der Waals surface area contributed by atoms with Crippen molar-refractivity contribution in [3.8, 4) is 0 Å². The van der Waals surface area contributed by atoms with E-state index in [1.807, 2.05) is 0 Å². The smallest absolute Gasteiger partial charge is 0.325 e. The zero-order chi connectivity index (χ0) is 13.8. The van der Waals surface area contributed by atoms with Gasteiger partial charge in [-0.2, -0.15) is 0 Å².